The van der Waals surface area contributed by atoms with Crippen molar-refractivity contribution >= 4 is 11.6 Å². The molecule has 2 rings (SSSR count). The molecule has 0 heterocycles. The van der Waals surface area contributed by atoms with Gasteiger partial charge in [0.2, 0.25) is 0 Å². The fraction of sp³-hybridized carbons (Fsp3) is 0.278. The number of amides is 1. The van der Waals surface area contributed by atoms with Gasteiger partial charge in [-0.3, -0.25) is 4.79 Å². The second-order valence-corrected chi connectivity index (χ2v) is 5.69. The van der Waals surface area contributed by atoms with Gasteiger partial charge in [0, 0.05) is 17.8 Å². The molecular formula is C18H21FN2O. The molecule has 0 spiro atoms. The van der Waals surface area contributed by atoms with E-state index in [1.165, 1.54) is 18.2 Å². The summed E-state index contributed by atoms with van der Waals surface area (Å²) >= 11 is 0. The van der Waals surface area contributed by atoms with Gasteiger partial charge in [-0.1, -0.05) is 32.0 Å². The molecule has 2 aromatic rings. The molecule has 0 bridgehead atoms. The smallest absolute Gasteiger partial charge is 0.255 e. The molecule has 0 aliphatic carbocycles. The minimum Gasteiger partial charge on any atom is -0.322 e. The number of hydrogen-bond acceptors (Lipinski definition) is 2. The second-order valence-electron chi connectivity index (χ2n) is 5.69. The summed E-state index contributed by atoms with van der Waals surface area (Å²) in [5.74, 6) is -0.137. The molecule has 1 amide bonds. The van der Waals surface area contributed by atoms with E-state index >= 15 is 0 Å². The second kappa shape index (κ2) is 7.71. The van der Waals surface area contributed by atoms with Crippen LogP contribution in [0.1, 0.15) is 29.8 Å². The monoisotopic (exact) mass is 300 g/mol. The van der Waals surface area contributed by atoms with E-state index in [1.807, 2.05) is 24.3 Å². The molecule has 22 heavy (non-hydrogen) atoms. The van der Waals surface area contributed by atoms with Crippen LogP contribution in [-0.2, 0) is 6.54 Å². The lowest BCUT2D eigenvalue weighted by atomic mass is 10.1. The molecule has 0 aliphatic heterocycles. The van der Waals surface area contributed by atoms with Crippen molar-refractivity contribution in [3.05, 3.63) is 65.5 Å². The summed E-state index contributed by atoms with van der Waals surface area (Å²) < 4.78 is 13.1. The number of anilines is 1. The van der Waals surface area contributed by atoms with E-state index in [2.05, 4.69) is 24.5 Å². The molecule has 3 nitrogen and oxygen atoms in total. The van der Waals surface area contributed by atoms with E-state index in [9.17, 15) is 9.18 Å². The molecule has 2 aromatic carbocycles. The zero-order valence-electron chi connectivity index (χ0n) is 12.9. The van der Waals surface area contributed by atoms with E-state index in [4.69, 9.17) is 0 Å². The van der Waals surface area contributed by atoms with E-state index in [0.29, 0.717) is 17.2 Å². The topological polar surface area (TPSA) is 41.1 Å². The Labute approximate surface area is 130 Å². The van der Waals surface area contributed by atoms with Crippen LogP contribution in [0.5, 0.6) is 0 Å². The third-order valence-corrected chi connectivity index (χ3v) is 3.15. The summed E-state index contributed by atoms with van der Waals surface area (Å²) in [5.41, 5.74) is 2.11. The van der Waals surface area contributed by atoms with Crippen molar-refractivity contribution in [3.63, 3.8) is 0 Å². The number of rotatable bonds is 6. The predicted octanol–water partition coefficient (Wildman–Crippen LogP) is 3.82. The first-order valence-corrected chi connectivity index (χ1v) is 7.41. The highest BCUT2D eigenvalue weighted by Crippen LogP contribution is 2.13. The Morgan fingerprint density at radius 1 is 1.14 bits per heavy atom. The largest absolute Gasteiger partial charge is 0.322 e. The maximum Gasteiger partial charge on any atom is 0.255 e. The van der Waals surface area contributed by atoms with Crippen molar-refractivity contribution in [2.24, 2.45) is 5.92 Å². The first-order chi connectivity index (χ1) is 10.5. The van der Waals surface area contributed by atoms with Crippen molar-refractivity contribution in [1.29, 1.82) is 0 Å². The van der Waals surface area contributed by atoms with E-state index < -0.39 is 5.82 Å². The zero-order valence-corrected chi connectivity index (χ0v) is 12.9. The molecule has 0 atom stereocenters. The Morgan fingerprint density at radius 2 is 1.91 bits per heavy atom. The van der Waals surface area contributed by atoms with E-state index in [1.54, 1.807) is 6.07 Å². The van der Waals surface area contributed by atoms with Crippen LogP contribution in [0.2, 0.25) is 0 Å². The Balaban J connectivity index is 1.99. The minimum atomic E-state index is -0.417. The molecule has 0 fully saturated rings. The molecule has 0 unspecified atom stereocenters. The summed E-state index contributed by atoms with van der Waals surface area (Å²) in [6, 6.07) is 13.3. The first kappa shape index (κ1) is 16.2. The zero-order chi connectivity index (χ0) is 15.9. The highest BCUT2D eigenvalue weighted by molar-refractivity contribution is 6.04. The summed E-state index contributed by atoms with van der Waals surface area (Å²) in [7, 11) is 0. The molecule has 4 heteroatoms. The van der Waals surface area contributed by atoms with Gasteiger partial charge in [0.05, 0.1) is 0 Å². The predicted molar refractivity (Wildman–Crippen MR) is 87.3 cm³/mol. The number of carbonyl (C=O) groups excluding carboxylic acids is 1. The van der Waals surface area contributed by atoms with Gasteiger partial charge < -0.3 is 10.6 Å². The van der Waals surface area contributed by atoms with Gasteiger partial charge in [-0.2, -0.15) is 0 Å². The quantitative estimate of drug-likeness (QED) is 0.851. The van der Waals surface area contributed by atoms with Crippen molar-refractivity contribution in [2.45, 2.75) is 20.4 Å². The summed E-state index contributed by atoms with van der Waals surface area (Å²) in [6.07, 6.45) is 0. The molecule has 2 N–H and O–H groups in total. The molecule has 0 aromatic heterocycles. The molecule has 0 aliphatic rings. The van der Waals surface area contributed by atoms with Gasteiger partial charge in [-0.05, 0) is 48.4 Å². The molecular weight excluding hydrogens is 279 g/mol. The van der Waals surface area contributed by atoms with Crippen LogP contribution in [-0.4, -0.2) is 12.5 Å². The number of nitrogens with one attached hydrogen (secondary N) is 2. The maximum absolute atomic E-state index is 13.1. The minimum absolute atomic E-state index is 0.309. The van der Waals surface area contributed by atoms with Crippen LogP contribution in [0.25, 0.3) is 0 Å². The number of carbonyl (C=O) groups is 1. The van der Waals surface area contributed by atoms with Gasteiger partial charge in [-0.15, -0.1) is 0 Å². The number of hydrogen-bond donors (Lipinski definition) is 2. The van der Waals surface area contributed by atoms with E-state index in [-0.39, 0.29) is 5.91 Å². The highest BCUT2D eigenvalue weighted by atomic mass is 19.1. The van der Waals surface area contributed by atoms with E-state index in [0.717, 1.165) is 18.7 Å². The van der Waals surface area contributed by atoms with Gasteiger partial charge >= 0.3 is 0 Å². The average Bonchev–Trinajstić information content (AvgIpc) is 2.47. The first-order valence-electron chi connectivity index (χ1n) is 7.41. The molecule has 0 radical (unpaired) electrons. The Morgan fingerprint density at radius 3 is 2.64 bits per heavy atom. The Hall–Kier alpha value is -2.20. The van der Waals surface area contributed by atoms with Crippen LogP contribution in [0, 0.1) is 11.7 Å². The fourth-order valence-corrected chi connectivity index (χ4v) is 2.10. The number of benzene rings is 2. The third kappa shape index (κ3) is 4.97. The van der Waals surface area contributed by atoms with Crippen LogP contribution < -0.4 is 10.6 Å². The molecule has 116 valence electrons. The number of halogens is 1. The standard InChI is InChI=1S/C18H21FN2O/c1-13(2)11-20-12-14-5-3-8-17(9-14)21-18(22)15-6-4-7-16(19)10-15/h3-10,13,20H,11-12H2,1-2H3,(H,21,22). The van der Waals surface area contributed by atoms with Crippen LogP contribution >= 0.6 is 0 Å². The van der Waals surface area contributed by atoms with Gasteiger partial charge in [0.1, 0.15) is 5.82 Å². The molecule has 0 saturated heterocycles. The lowest BCUT2D eigenvalue weighted by Crippen LogP contribution is -2.19. The highest BCUT2D eigenvalue weighted by Gasteiger charge is 2.07. The Bertz CT molecular complexity index is 640. The maximum atomic E-state index is 13.1. The summed E-state index contributed by atoms with van der Waals surface area (Å²) in [4.78, 5) is 12.1. The van der Waals surface area contributed by atoms with Crippen molar-refractivity contribution in [1.82, 2.24) is 5.32 Å². The Kier molecular flexibility index (Phi) is 5.67. The van der Waals surface area contributed by atoms with Crippen LogP contribution in [0.4, 0.5) is 10.1 Å². The van der Waals surface area contributed by atoms with Crippen LogP contribution in [0.15, 0.2) is 48.5 Å². The fourth-order valence-electron chi connectivity index (χ4n) is 2.10. The lowest BCUT2D eigenvalue weighted by Gasteiger charge is -2.10. The van der Waals surface area contributed by atoms with Crippen LogP contribution in [0.3, 0.4) is 0 Å². The van der Waals surface area contributed by atoms with Gasteiger partial charge in [0.25, 0.3) is 5.91 Å². The van der Waals surface area contributed by atoms with Gasteiger partial charge in [0.15, 0.2) is 0 Å². The SMILES string of the molecule is CC(C)CNCc1cccc(NC(=O)c2cccc(F)c2)c1. The average molecular weight is 300 g/mol. The molecule has 0 saturated carbocycles. The van der Waals surface area contributed by atoms with Crippen molar-refractivity contribution in [2.75, 3.05) is 11.9 Å². The normalized spacial score (nSPS) is 10.7. The van der Waals surface area contributed by atoms with Crippen molar-refractivity contribution < 1.29 is 9.18 Å². The summed E-state index contributed by atoms with van der Waals surface area (Å²) in [5, 5.41) is 6.15. The third-order valence-electron chi connectivity index (χ3n) is 3.15. The summed E-state index contributed by atoms with van der Waals surface area (Å²) in [6.45, 7) is 6.01. The van der Waals surface area contributed by atoms with Crippen molar-refractivity contribution in [3.8, 4) is 0 Å². The lowest BCUT2D eigenvalue weighted by molar-refractivity contribution is 0.102. The van der Waals surface area contributed by atoms with Gasteiger partial charge in [-0.25, -0.2) is 4.39 Å².